The largest absolute Gasteiger partial charge is 0.333 e. The van der Waals surface area contributed by atoms with Crippen LogP contribution in [0.1, 0.15) is 47.4 Å². The maximum Gasteiger partial charge on any atom is 0.254 e. The van der Waals surface area contributed by atoms with E-state index in [-0.39, 0.29) is 29.6 Å². The molecule has 2 unspecified atom stereocenters. The van der Waals surface area contributed by atoms with Gasteiger partial charge in [0, 0.05) is 29.9 Å². The van der Waals surface area contributed by atoms with Crippen LogP contribution in [0.4, 0.5) is 4.39 Å². The molecule has 2 aliphatic heterocycles. The highest BCUT2D eigenvalue weighted by Crippen LogP contribution is 2.38. The minimum absolute atomic E-state index is 0.00168. The number of aromatic nitrogens is 2. The van der Waals surface area contributed by atoms with E-state index >= 15 is 0 Å². The molecule has 36 heavy (non-hydrogen) atoms. The second-order valence-electron chi connectivity index (χ2n) is 9.91. The second-order valence-corrected chi connectivity index (χ2v) is 9.91. The number of hydrogen-bond acceptors (Lipinski definition) is 4. The van der Waals surface area contributed by atoms with E-state index < -0.39 is 5.82 Å². The summed E-state index contributed by atoms with van der Waals surface area (Å²) in [5, 5.41) is 9.19. The van der Waals surface area contributed by atoms with E-state index in [1.54, 1.807) is 6.07 Å². The van der Waals surface area contributed by atoms with Gasteiger partial charge >= 0.3 is 0 Å². The maximum absolute atomic E-state index is 14.7. The molecule has 0 spiro atoms. The van der Waals surface area contributed by atoms with E-state index in [1.807, 2.05) is 65.0 Å². The summed E-state index contributed by atoms with van der Waals surface area (Å²) < 4.78 is 16.7. The topological polar surface area (TPSA) is 87.4 Å². The number of piperidine rings is 1. The van der Waals surface area contributed by atoms with Gasteiger partial charge in [0.15, 0.2) is 0 Å². The van der Waals surface area contributed by atoms with Crippen LogP contribution in [0.3, 0.4) is 0 Å². The maximum atomic E-state index is 14.7. The van der Waals surface area contributed by atoms with Crippen molar-refractivity contribution in [2.45, 2.75) is 50.7 Å². The molecule has 6 nitrogen and oxygen atoms in total. The number of benzene rings is 2. The molecule has 2 aliphatic rings. The zero-order valence-corrected chi connectivity index (χ0v) is 20.0. The SMILES string of the molecule is Cc1ncc2cc(-c3ccc(C(=O)N4C5CCC4CC(N)C5)cc3-c3ccc(C#N)c(F)c3)ccn12. The molecular weight excluding hydrogens is 453 g/mol. The van der Waals surface area contributed by atoms with E-state index in [9.17, 15) is 14.4 Å². The molecule has 6 rings (SSSR count). The minimum atomic E-state index is -0.581. The van der Waals surface area contributed by atoms with Gasteiger partial charge in [-0.2, -0.15) is 5.26 Å². The molecule has 0 aliphatic carbocycles. The van der Waals surface area contributed by atoms with Crippen LogP contribution in [0.25, 0.3) is 27.8 Å². The number of carbonyl (C=O) groups is 1. The van der Waals surface area contributed by atoms with Gasteiger partial charge < -0.3 is 15.0 Å². The molecule has 4 aromatic rings. The fourth-order valence-corrected chi connectivity index (χ4v) is 5.94. The number of imidazole rings is 1. The lowest BCUT2D eigenvalue weighted by molar-refractivity contribution is 0.0575. The van der Waals surface area contributed by atoms with Crippen molar-refractivity contribution in [1.82, 2.24) is 14.3 Å². The number of fused-ring (bicyclic) bond motifs is 3. The highest BCUT2D eigenvalue weighted by Gasteiger charge is 2.42. The molecule has 2 atom stereocenters. The fourth-order valence-electron chi connectivity index (χ4n) is 5.94. The summed E-state index contributed by atoms with van der Waals surface area (Å²) in [6, 6.07) is 16.7. The van der Waals surface area contributed by atoms with E-state index in [4.69, 9.17) is 5.73 Å². The first kappa shape index (κ1) is 22.4. The predicted molar refractivity (Wildman–Crippen MR) is 136 cm³/mol. The van der Waals surface area contributed by atoms with Crippen molar-refractivity contribution < 1.29 is 9.18 Å². The Kier molecular flexibility index (Phi) is 5.35. The highest BCUT2D eigenvalue weighted by molar-refractivity contribution is 5.98. The van der Waals surface area contributed by atoms with Crippen molar-refractivity contribution in [1.29, 1.82) is 5.26 Å². The molecule has 2 N–H and O–H groups in total. The first-order valence-corrected chi connectivity index (χ1v) is 12.3. The number of amides is 1. The number of pyridine rings is 1. The number of nitrogens with zero attached hydrogens (tertiary/aromatic N) is 4. The lowest BCUT2D eigenvalue weighted by atomic mass is 9.91. The van der Waals surface area contributed by atoms with E-state index in [1.165, 1.54) is 12.1 Å². The summed E-state index contributed by atoms with van der Waals surface area (Å²) in [4.78, 5) is 20.1. The molecule has 1 amide bonds. The standard InChI is InChI=1S/C29H26FN5O/c1-17-33-16-25-10-19(8-9-34(17)25)26-7-4-20(11-27(26)18-2-3-21(15-31)28(30)12-18)29(36)35-23-5-6-24(35)14-22(32)13-23/h2-4,7-12,16,22-24H,5-6,13-14,32H2,1H3. The van der Waals surface area contributed by atoms with Gasteiger partial charge in [-0.25, -0.2) is 9.37 Å². The Bertz CT molecular complexity index is 1540. The van der Waals surface area contributed by atoms with Gasteiger partial charge in [0.1, 0.15) is 17.7 Å². The van der Waals surface area contributed by atoms with Crippen molar-refractivity contribution in [2.24, 2.45) is 5.73 Å². The predicted octanol–water partition coefficient (Wildman–Crippen LogP) is 5.08. The molecule has 4 heterocycles. The van der Waals surface area contributed by atoms with Gasteiger partial charge in [-0.05, 0) is 91.3 Å². The number of carbonyl (C=O) groups excluding carboxylic acids is 1. The first-order chi connectivity index (χ1) is 17.4. The summed E-state index contributed by atoms with van der Waals surface area (Å²) >= 11 is 0. The summed E-state index contributed by atoms with van der Waals surface area (Å²) in [7, 11) is 0. The Morgan fingerprint density at radius 2 is 1.81 bits per heavy atom. The monoisotopic (exact) mass is 479 g/mol. The van der Waals surface area contributed by atoms with Crippen molar-refractivity contribution in [3.63, 3.8) is 0 Å². The van der Waals surface area contributed by atoms with E-state index in [0.29, 0.717) is 11.1 Å². The molecule has 7 heteroatoms. The van der Waals surface area contributed by atoms with Crippen LogP contribution >= 0.6 is 0 Å². The zero-order valence-electron chi connectivity index (χ0n) is 20.0. The quantitative estimate of drug-likeness (QED) is 0.444. The van der Waals surface area contributed by atoms with Crippen LogP contribution in [0.15, 0.2) is 60.9 Å². The summed E-state index contributed by atoms with van der Waals surface area (Å²) in [6.45, 7) is 1.94. The average Bonchev–Trinajstić information content (AvgIpc) is 3.39. The smallest absolute Gasteiger partial charge is 0.254 e. The minimum Gasteiger partial charge on any atom is -0.333 e. The summed E-state index contributed by atoms with van der Waals surface area (Å²) in [5.74, 6) is 0.309. The van der Waals surface area contributed by atoms with Crippen molar-refractivity contribution in [3.8, 4) is 28.3 Å². The Morgan fingerprint density at radius 3 is 2.53 bits per heavy atom. The van der Waals surface area contributed by atoms with E-state index in [0.717, 1.165) is 53.7 Å². The number of hydrogen-bond donors (Lipinski definition) is 1. The number of aryl methyl sites for hydroxylation is 1. The molecule has 2 fully saturated rings. The van der Waals surface area contributed by atoms with Gasteiger partial charge in [0.25, 0.3) is 5.91 Å². The fraction of sp³-hybridized carbons (Fsp3) is 0.276. The summed E-state index contributed by atoms with van der Waals surface area (Å²) in [5.41, 5.74) is 10.9. The number of rotatable bonds is 3. The van der Waals surface area contributed by atoms with Gasteiger partial charge in [0.2, 0.25) is 0 Å². The summed E-state index contributed by atoms with van der Waals surface area (Å²) in [6.07, 6.45) is 7.41. The number of nitrogens with two attached hydrogens (primary N) is 1. The van der Waals surface area contributed by atoms with Crippen LogP contribution < -0.4 is 5.73 Å². The third-order valence-electron chi connectivity index (χ3n) is 7.70. The van der Waals surface area contributed by atoms with Gasteiger partial charge in [-0.1, -0.05) is 12.1 Å². The molecule has 180 valence electrons. The highest BCUT2D eigenvalue weighted by atomic mass is 19.1. The molecule has 2 saturated heterocycles. The number of nitriles is 1. The Balaban J connectivity index is 1.47. The first-order valence-electron chi connectivity index (χ1n) is 12.3. The molecule has 0 saturated carbocycles. The molecular formula is C29H26FN5O. The van der Waals surface area contributed by atoms with Crippen LogP contribution in [0.2, 0.25) is 0 Å². The molecule has 0 radical (unpaired) electrons. The van der Waals surface area contributed by atoms with Crippen molar-refractivity contribution >= 4 is 11.4 Å². The average molecular weight is 480 g/mol. The number of halogens is 1. The van der Waals surface area contributed by atoms with E-state index in [2.05, 4.69) is 4.98 Å². The lowest BCUT2D eigenvalue weighted by Gasteiger charge is -2.38. The van der Waals surface area contributed by atoms with Crippen LogP contribution in [0.5, 0.6) is 0 Å². The molecule has 2 bridgehead atoms. The second kappa shape index (κ2) is 8.58. The third-order valence-corrected chi connectivity index (χ3v) is 7.70. The zero-order chi connectivity index (χ0) is 25.0. The third kappa shape index (κ3) is 3.66. The van der Waals surface area contributed by atoms with Gasteiger partial charge in [-0.3, -0.25) is 4.79 Å². The molecule has 2 aromatic heterocycles. The Labute approximate surface area is 208 Å². The van der Waals surface area contributed by atoms with Crippen LogP contribution in [0, 0.1) is 24.1 Å². The van der Waals surface area contributed by atoms with Crippen LogP contribution in [-0.4, -0.2) is 38.3 Å². The normalized spacial score (nSPS) is 21.1. The van der Waals surface area contributed by atoms with Crippen LogP contribution in [-0.2, 0) is 0 Å². The Morgan fingerprint density at radius 1 is 1.06 bits per heavy atom. The molecule has 2 aromatic carbocycles. The van der Waals surface area contributed by atoms with Gasteiger partial charge in [0.05, 0.1) is 17.3 Å². The van der Waals surface area contributed by atoms with Crippen molar-refractivity contribution in [3.05, 3.63) is 83.7 Å². The Hall–Kier alpha value is -4.02. The van der Waals surface area contributed by atoms with Gasteiger partial charge in [-0.15, -0.1) is 0 Å². The lowest BCUT2D eigenvalue weighted by Crippen LogP contribution is -2.50. The van der Waals surface area contributed by atoms with Crippen molar-refractivity contribution in [2.75, 3.05) is 0 Å².